The van der Waals surface area contributed by atoms with Crippen LogP contribution in [0.1, 0.15) is 72.1 Å². The molecule has 0 aliphatic heterocycles. The van der Waals surface area contributed by atoms with Gasteiger partial charge in [-0.05, 0) is 59.3 Å². The zero-order valence-electron chi connectivity index (χ0n) is 14.3. The van der Waals surface area contributed by atoms with Gasteiger partial charge in [0, 0.05) is 19.0 Å². The van der Waals surface area contributed by atoms with Gasteiger partial charge in [0.2, 0.25) is 0 Å². The molecular weight excluding hydrogens is 278 g/mol. The summed E-state index contributed by atoms with van der Waals surface area (Å²) in [4.78, 5) is 14.3. The molecule has 0 bridgehead atoms. The molecular formula is C18H31NO3. The van der Waals surface area contributed by atoms with E-state index in [0.717, 1.165) is 51.4 Å². The summed E-state index contributed by atoms with van der Waals surface area (Å²) < 4.78 is 5.55. The molecule has 1 rings (SSSR count). The van der Waals surface area contributed by atoms with E-state index in [4.69, 9.17) is 11.2 Å². The standard InChI is InChI=1S/C18H31NO3/c1-5-6-7-8-9-14-19(17(21)22-18(2,3)4)15-10-12-16(20)13-11-15/h1,15-16,20H,6-14H2,2-4H3. The summed E-state index contributed by atoms with van der Waals surface area (Å²) >= 11 is 0. The Morgan fingerprint density at radius 2 is 1.86 bits per heavy atom. The molecule has 1 aliphatic rings. The number of terminal acetylenes is 1. The van der Waals surface area contributed by atoms with Crippen LogP contribution >= 0.6 is 0 Å². The summed E-state index contributed by atoms with van der Waals surface area (Å²) in [5.41, 5.74) is -0.479. The largest absolute Gasteiger partial charge is 0.444 e. The first-order chi connectivity index (χ1) is 10.3. The molecule has 4 nitrogen and oxygen atoms in total. The molecule has 0 unspecified atom stereocenters. The summed E-state index contributed by atoms with van der Waals surface area (Å²) in [6.07, 6.45) is 11.8. The maximum Gasteiger partial charge on any atom is 0.410 e. The molecule has 0 spiro atoms. The quantitative estimate of drug-likeness (QED) is 0.601. The van der Waals surface area contributed by atoms with E-state index in [1.54, 1.807) is 0 Å². The lowest BCUT2D eigenvalue weighted by atomic mass is 9.92. The van der Waals surface area contributed by atoms with E-state index < -0.39 is 5.60 Å². The second-order valence-corrected chi connectivity index (χ2v) is 7.15. The second-order valence-electron chi connectivity index (χ2n) is 7.15. The van der Waals surface area contributed by atoms with E-state index in [1.165, 1.54) is 0 Å². The maximum atomic E-state index is 12.5. The van der Waals surface area contributed by atoms with Crippen molar-refractivity contribution in [2.24, 2.45) is 0 Å². The predicted molar refractivity (Wildman–Crippen MR) is 88.5 cm³/mol. The van der Waals surface area contributed by atoms with Gasteiger partial charge in [0.15, 0.2) is 0 Å². The first-order valence-electron chi connectivity index (χ1n) is 8.44. The molecule has 1 N–H and O–H groups in total. The van der Waals surface area contributed by atoms with Crippen LogP contribution in [-0.4, -0.2) is 40.4 Å². The van der Waals surface area contributed by atoms with Crippen molar-refractivity contribution in [3.63, 3.8) is 0 Å². The molecule has 4 heteroatoms. The van der Waals surface area contributed by atoms with Crippen LogP contribution in [0.25, 0.3) is 0 Å². The molecule has 0 aromatic heterocycles. The SMILES string of the molecule is C#CCCCCCN(C(=O)OC(C)(C)C)C1CCC(O)CC1. The first-order valence-corrected chi connectivity index (χ1v) is 8.44. The van der Waals surface area contributed by atoms with Gasteiger partial charge in [-0.25, -0.2) is 4.79 Å². The Morgan fingerprint density at radius 3 is 2.41 bits per heavy atom. The zero-order chi connectivity index (χ0) is 16.6. The Hall–Kier alpha value is -1.21. The van der Waals surface area contributed by atoms with Gasteiger partial charge in [-0.1, -0.05) is 6.42 Å². The highest BCUT2D eigenvalue weighted by Gasteiger charge is 2.30. The van der Waals surface area contributed by atoms with Crippen molar-refractivity contribution < 1.29 is 14.6 Å². The number of ether oxygens (including phenoxy) is 1. The van der Waals surface area contributed by atoms with Crippen LogP contribution in [0.5, 0.6) is 0 Å². The smallest absolute Gasteiger partial charge is 0.410 e. The van der Waals surface area contributed by atoms with Crippen LogP contribution in [0.2, 0.25) is 0 Å². The van der Waals surface area contributed by atoms with E-state index in [0.29, 0.717) is 6.54 Å². The Balaban J connectivity index is 2.56. The van der Waals surface area contributed by atoms with E-state index >= 15 is 0 Å². The van der Waals surface area contributed by atoms with Crippen molar-refractivity contribution in [2.45, 2.75) is 89.9 Å². The van der Waals surface area contributed by atoms with Crippen LogP contribution in [0.4, 0.5) is 4.79 Å². The molecule has 1 fully saturated rings. The predicted octanol–water partition coefficient (Wildman–Crippen LogP) is 3.72. The third kappa shape index (κ3) is 7.17. The summed E-state index contributed by atoms with van der Waals surface area (Å²) in [5.74, 6) is 2.64. The number of nitrogens with zero attached hydrogens (tertiary/aromatic N) is 1. The Morgan fingerprint density at radius 1 is 1.23 bits per heavy atom. The number of carbonyl (C=O) groups excluding carboxylic acids is 1. The summed E-state index contributed by atoms with van der Waals surface area (Å²) in [6, 6.07) is 0.186. The van der Waals surface area contributed by atoms with Crippen molar-refractivity contribution in [3.05, 3.63) is 0 Å². The Kier molecular flexibility index (Phi) is 7.75. The Labute approximate surface area is 135 Å². The number of amides is 1. The molecule has 1 aliphatic carbocycles. The fourth-order valence-electron chi connectivity index (χ4n) is 2.80. The van der Waals surface area contributed by atoms with Crippen molar-refractivity contribution in [3.8, 4) is 12.3 Å². The minimum Gasteiger partial charge on any atom is -0.444 e. The number of rotatable bonds is 6. The highest BCUT2D eigenvalue weighted by atomic mass is 16.6. The number of aliphatic hydroxyl groups excluding tert-OH is 1. The Bertz CT molecular complexity index is 373. The van der Waals surface area contributed by atoms with Crippen LogP contribution < -0.4 is 0 Å². The van der Waals surface area contributed by atoms with Crippen LogP contribution in [0.15, 0.2) is 0 Å². The van der Waals surface area contributed by atoms with Crippen molar-refractivity contribution in [1.29, 1.82) is 0 Å². The fourth-order valence-corrected chi connectivity index (χ4v) is 2.80. The zero-order valence-corrected chi connectivity index (χ0v) is 14.3. The maximum absolute atomic E-state index is 12.5. The first kappa shape index (κ1) is 18.8. The van der Waals surface area contributed by atoms with Crippen LogP contribution in [-0.2, 0) is 4.74 Å². The normalized spacial score (nSPS) is 22.0. The molecule has 1 amide bonds. The second kappa shape index (κ2) is 9.05. The van der Waals surface area contributed by atoms with E-state index in [2.05, 4.69) is 5.92 Å². The van der Waals surface area contributed by atoms with Gasteiger partial charge in [-0.15, -0.1) is 12.3 Å². The van der Waals surface area contributed by atoms with Gasteiger partial charge in [0.05, 0.1) is 6.10 Å². The molecule has 1 saturated carbocycles. The lowest BCUT2D eigenvalue weighted by Gasteiger charge is -2.36. The average molecular weight is 309 g/mol. The number of carbonyl (C=O) groups is 1. The lowest BCUT2D eigenvalue weighted by Crippen LogP contribution is -2.45. The third-order valence-electron chi connectivity index (χ3n) is 3.96. The summed E-state index contributed by atoms with van der Waals surface area (Å²) in [5, 5.41) is 9.65. The van der Waals surface area contributed by atoms with Gasteiger partial charge < -0.3 is 14.7 Å². The monoisotopic (exact) mass is 309 g/mol. The van der Waals surface area contributed by atoms with Crippen LogP contribution in [0, 0.1) is 12.3 Å². The lowest BCUT2D eigenvalue weighted by molar-refractivity contribution is 0.00467. The van der Waals surface area contributed by atoms with Gasteiger partial charge >= 0.3 is 6.09 Å². The number of unbranched alkanes of at least 4 members (excludes halogenated alkanes) is 3. The van der Waals surface area contributed by atoms with E-state index in [9.17, 15) is 9.90 Å². The van der Waals surface area contributed by atoms with Gasteiger partial charge in [0.25, 0.3) is 0 Å². The van der Waals surface area contributed by atoms with E-state index in [-0.39, 0.29) is 18.2 Å². The highest BCUT2D eigenvalue weighted by molar-refractivity contribution is 5.68. The van der Waals surface area contributed by atoms with Crippen LogP contribution in [0.3, 0.4) is 0 Å². The van der Waals surface area contributed by atoms with Crippen molar-refractivity contribution >= 4 is 6.09 Å². The van der Waals surface area contributed by atoms with E-state index in [1.807, 2.05) is 25.7 Å². The number of hydrogen-bond acceptors (Lipinski definition) is 3. The molecule has 126 valence electrons. The molecule has 0 aromatic rings. The van der Waals surface area contributed by atoms with Crippen molar-refractivity contribution in [1.82, 2.24) is 4.90 Å². The molecule has 22 heavy (non-hydrogen) atoms. The van der Waals surface area contributed by atoms with Gasteiger partial charge in [-0.2, -0.15) is 0 Å². The van der Waals surface area contributed by atoms with Crippen molar-refractivity contribution in [2.75, 3.05) is 6.54 Å². The highest BCUT2D eigenvalue weighted by Crippen LogP contribution is 2.25. The average Bonchev–Trinajstić information content (AvgIpc) is 2.42. The molecule has 0 radical (unpaired) electrons. The van der Waals surface area contributed by atoms with Gasteiger partial charge in [0.1, 0.15) is 5.60 Å². The number of hydrogen-bond donors (Lipinski definition) is 1. The molecule has 0 atom stereocenters. The number of aliphatic hydroxyl groups is 1. The minimum atomic E-state index is -0.479. The summed E-state index contributed by atoms with van der Waals surface area (Å²) in [7, 11) is 0. The molecule has 0 heterocycles. The fraction of sp³-hybridized carbons (Fsp3) is 0.833. The van der Waals surface area contributed by atoms with Gasteiger partial charge in [-0.3, -0.25) is 0 Å². The molecule has 0 aromatic carbocycles. The summed E-state index contributed by atoms with van der Waals surface area (Å²) in [6.45, 7) is 6.38. The molecule has 0 saturated heterocycles. The minimum absolute atomic E-state index is 0.186. The third-order valence-corrected chi connectivity index (χ3v) is 3.96. The topological polar surface area (TPSA) is 49.8 Å².